The molecule has 10 nitrogen and oxygen atoms in total. The monoisotopic (exact) mass is 586 g/mol. The zero-order valence-corrected chi connectivity index (χ0v) is 26.5. The molecule has 3 atom stereocenters. The van der Waals surface area contributed by atoms with Gasteiger partial charge >= 0.3 is 0 Å². The molecule has 42 heavy (non-hydrogen) atoms. The minimum Gasteiger partial charge on any atom is -0.476 e. The van der Waals surface area contributed by atoms with Crippen molar-refractivity contribution in [2.45, 2.75) is 84.9 Å². The number of ether oxygens (including phenoxy) is 3. The molecule has 4 rings (SSSR count). The largest absolute Gasteiger partial charge is 0.476 e. The van der Waals surface area contributed by atoms with Gasteiger partial charge in [-0.2, -0.15) is 0 Å². The van der Waals surface area contributed by atoms with E-state index in [9.17, 15) is 14.4 Å². The predicted octanol–water partition coefficient (Wildman–Crippen LogP) is 3.52. The van der Waals surface area contributed by atoms with Crippen molar-refractivity contribution < 1.29 is 28.6 Å². The Morgan fingerprint density at radius 1 is 1.21 bits per heavy atom. The molecule has 1 aromatic carbocycles. The molecule has 10 heteroatoms. The first-order chi connectivity index (χ1) is 19.9. The number of benzene rings is 1. The lowest BCUT2D eigenvalue weighted by Crippen LogP contribution is -2.54. The van der Waals surface area contributed by atoms with E-state index in [1.165, 1.54) is 0 Å². The standard InChI is InChI=1S/C32H50N4O6/c1-8-41-20-27(31(2,3)4)34-28(37)21-16-22(19-33-18-21)29(38)36(23-10-11-23)24-12-13-26-25(17-24)35(14-9-15-40-7)30(39)32(5,6)42-26/h12-13,17,21-23,27,33H,8-11,14-16,18-20H2,1-7H3,(H,34,37)/t21-,22+,27-/m0/s1. The van der Waals surface area contributed by atoms with Crippen LogP contribution >= 0.6 is 0 Å². The van der Waals surface area contributed by atoms with Gasteiger partial charge in [0.2, 0.25) is 11.8 Å². The van der Waals surface area contributed by atoms with Crippen LogP contribution < -0.4 is 25.2 Å². The number of anilines is 2. The Balaban J connectivity index is 1.52. The minimum atomic E-state index is -0.981. The molecule has 2 heterocycles. The van der Waals surface area contributed by atoms with Gasteiger partial charge in [0.05, 0.1) is 30.2 Å². The van der Waals surface area contributed by atoms with Crippen molar-refractivity contribution in [3.8, 4) is 5.75 Å². The molecule has 0 radical (unpaired) electrons. The Kier molecular flexibility index (Phi) is 10.2. The van der Waals surface area contributed by atoms with Gasteiger partial charge in [-0.15, -0.1) is 0 Å². The molecular weight excluding hydrogens is 536 g/mol. The fraction of sp³-hybridized carbons (Fsp3) is 0.719. The molecular formula is C32H50N4O6. The molecule has 1 saturated carbocycles. The second-order valence-electron chi connectivity index (χ2n) is 13.4. The van der Waals surface area contributed by atoms with Gasteiger partial charge in [-0.05, 0) is 70.1 Å². The second-order valence-corrected chi connectivity index (χ2v) is 13.4. The number of hydrogen-bond donors (Lipinski definition) is 2. The van der Waals surface area contributed by atoms with Crippen molar-refractivity contribution in [3.05, 3.63) is 18.2 Å². The number of methoxy groups -OCH3 is 1. The maximum atomic E-state index is 14.1. The number of piperidine rings is 1. The van der Waals surface area contributed by atoms with Gasteiger partial charge in [0, 0.05) is 51.7 Å². The topological polar surface area (TPSA) is 109 Å². The molecule has 1 saturated heterocycles. The van der Waals surface area contributed by atoms with Crippen molar-refractivity contribution in [1.29, 1.82) is 0 Å². The summed E-state index contributed by atoms with van der Waals surface area (Å²) in [6.45, 7) is 14.9. The summed E-state index contributed by atoms with van der Waals surface area (Å²) in [6, 6.07) is 5.68. The summed E-state index contributed by atoms with van der Waals surface area (Å²) in [5.74, 6) is -0.167. The highest BCUT2D eigenvalue weighted by Crippen LogP contribution is 2.43. The second kappa shape index (κ2) is 13.3. The van der Waals surface area contributed by atoms with E-state index < -0.39 is 5.60 Å². The summed E-state index contributed by atoms with van der Waals surface area (Å²) in [6.07, 6.45) is 3.02. The fourth-order valence-electron chi connectivity index (χ4n) is 5.71. The van der Waals surface area contributed by atoms with Gasteiger partial charge in [-0.25, -0.2) is 0 Å². The van der Waals surface area contributed by atoms with Crippen LogP contribution in [0, 0.1) is 17.3 Å². The van der Waals surface area contributed by atoms with Crippen LogP contribution in [0.3, 0.4) is 0 Å². The van der Waals surface area contributed by atoms with Crippen LogP contribution in [-0.2, 0) is 23.9 Å². The van der Waals surface area contributed by atoms with Crippen molar-refractivity contribution in [2.75, 3.05) is 56.4 Å². The summed E-state index contributed by atoms with van der Waals surface area (Å²) < 4.78 is 17.0. The number of rotatable bonds is 12. The number of amides is 3. The van der Waals surface area contributed by atoms with Crippen LogP contribution in [0.2, 0.25) is 0 Å². The fourth-order valence-corrected chi connectivity index (χ4v) is 5.71. The first-order valence-corrected chi connectivity index (χ1v) is 15.4. The third kappa shape index (κ3) is 7.44. The van der Waals surface area contributed by atoms with Crippen molar-refractivity contribution in [1.82, 2.24) is 10.6 Å². The van der Waals surface area contributed by atoms with E-state index in [-0.39, 0.29) is 47.1 Å². The van der Waals surface area contributed by atoms with Crippen molar-refractivity contribution >= 4 is 29.1 Å². The smallest absolute Gasteiger partial charge is 0.270 e. The summed E-state index contributed by atoms with van der Waals surface area (Å²) >= 11 is 0. The first kappa shape index (κ1) is 32.2. The van der Waals surface area contributed by atoms with Crippen LogP contribution in [-0.4, -0.2) is 82.0 Å². The maximum Gasteiger partial charge on any atom is 0.270 e. The van der Waals surface area contributed by atoms with E-state index in [0.29, 0.717) is 63.7 Å². The summed E-state index contributed by atoms with van der Waals surface area (Å²) in [5, 5.41) is 6.54. The zero-order chi connectivity index (χ0) is 30.7. The minimum absolute atomic E-state index is 0.0125. The predicted molar refractivity (Wildman–Crippen MR) is 163 cm³/mol. The molecule has 234 valence electrons. The number of carbonyl (C=O) groups excluding carboxylic acids is 3. The molecule has 1 aliphatic carbocycles. The molecule has 2 aliphatic heterocycles. The van der Waals surface area contributed by atoms with Gasteiger partial charge in [-0.1, -0.05) is 20.8 Å². The average Bonchev–Trinajstić information content (AvgIpc) is 3.78. The summed E-state index contributed by atoms with van der Waals surface area (Å²) in [4.78, 5) is 44.5. The molecule has 2 N–H and O–H groups in total. The number of nitrogens with one attached hydrogen (secondary N) is 2. The first-order valence-electron chi connectivity index (χ1n) is 15.4. The lowest BCUT2D eigenvalue weighted by atomic mass is 9.85. The Morgan fingerprint density at radius 2 is 1.93 bits per heavy atom. The molecule has 0 bridgehead atoms. The van der Waals surface area contributed by atoms with E-state index in [1.54, 1.807) is 25.9 Å². The quantitative estimate of drug-likeness (QED) is 0.361. The number of nitrogens with zero attached hydrogens (tertiary/aromatic N) is 2. The Bertz CT molecular complexity index is 1130. The summed E-state index contributed by atoms with van der Waals surface area (Å²) in [5.41, 5.74) is 0.291. The molecule has 1 aromatic rings. The third-order valence-corrected chi connectivity index (χ3v) is 8.44. The highest BCUT2D eigenvalue weighted by molar-refractivity contribution is 6.04. The Hall–Kier alpha value is -2.69. The zero-order valence-electron chi connectivity index (χ0n) is 26.5. The molecule has 3 amide bonds. The SMILES string of the molecule is CCOC[C@H](NC(=O)[C@@H]1CNC[C@H](C(=O)N(c2ccc3c(c2)N(CCCOC)C(=O)C(C)(C)O3)C2CC2)C1)C(C)(C)C. The van der Waals surface area contributed by atoms with Crippen LogP contribution in [0.5, 0.6) is 5.75 Å². The van der Waals surface area contributed by atoms with Crippen molar-refractivity contribution in [2.24, 2.45) is 17.3 Å². The van der Waals surface area contributed by atoms with Crippen LogP contribution in [0.1, 0.15) is 67.2 Å². The number of hydrogen-bond acceptors (Lipinski definition) is 7. The van der Waals surface area contributed by atoms with Crippen molar-refractivity contribution in [3.63, 3.8) is 0 Å². The van der Waals surface area contributed by atoms with Gasteiger partial charge < -0.3 is 34.6 Å². The third-order valence-electron chi connectivity index (χ3n) is 8.44. The lowest BCUT2D eigenvalue weighted by molar-refractivity contribution is -0.132. The van der Waals surface area contributed by atoms with E-state index in [0.717, 1.165) is 18.5 Å². The molecule has 0 spiro atoms. The molecule has 0 aromatic heterocycles. The lowest BCUT2D eigenvalue weighted by Gasteiger charge is -2.40. The van der Waals surface area contributed by atoms with E-state index >= 15 is 0 Å². The highest BCUT2D eigenvalue weighted by atomic mass is 16.5. The number of fused-ring (bicyclic) bond motifs is 1. The Labute approximate surface area is 250 Å². The summed E-state index contributed by atoms with van der Waals surface area (Å²) in [7, 11) is 1.65. The van der Waals surface area contributed by atoms with Crippen LogP contribution in [0.4, 0.5) is 11.4 Å². The Morgan fingerprint density at radius 3 is 2.57 bits per heavy atom. The number of carbonyl (C=O) groups is 3. The molecule has 0 unspecified atom stereocenters. The average molecular weight is 587 g/mol. The normalized spacial score (nSPS) is 22.6. The van der Waals surface area contributed by atoms with E-state index in [4.69, 9.17) is 14.2 Å². The van der Waals surface area contributed by atoms with E-state index in [2.05, 4.69) is 31.4 Å². The van der Waals surface area contributed by atoms with Crippen LogP contribution in [0.25, 0.3) is 0 Å². The van der Waals surface area contributed by atoms with Gasteiger partial charge in [0.25, 0.3) is 5.91 Å². The van der Waals surface area contributed by atoms with Gasteiger partial charge in [0.1, 0.15) is 5.75 Å². The van der Waals surface area contributed by atoms with Gasteiger partial charge in [-0.3, -0.25) is 14.4 Å². The maximum absolute atomic E-state index is 14.1. The van der Waals surface area contributed by atoms with E-state index in [1.807, 2.05) is 30.0 Å². The molecule has 3 aliphatic rings. The van der Waals surface area contributed by atoms with Crippen LogP contribution in [0.15, 0.2) is 18.2 Å². The van der Waals surface area contributed by atoms with Gasteiger partial charge in [0.15, 0.2) is 5.60 Å². The highest BCUT2D eigenvalue weighted by Gasteiger charge is 2.43. The molecule has 2 fully saturated rings.